The van der Waals surface area contributed by atoms with E-state index < -0.39 is 17.8 Å². The van der Waals surface area contributed by atoms with E-state index >= 15 is 0 Å². The molecule has 0 saturated heterocycles. The van der Waals surface area contributed by atoms with Gasteiger partial charge in [-0.3, -0.25) is 9.69 Å². The van der Waals surface area contributed by atoms with Crippen molar-refractivity contribution in [2.75, 3.05) is 11.6 Å². The lowest BCUT2D eigenvalue weighted by atomic mass is 9.91. The van der Waals surface area contributed by atoms with Crippen LogP contribution in [0.4, 0.5) is 10.1 Å². The zero-order chi connectivity index (χ0) is 25.2. The molecule has 2 aliphatic heterocycles. The quantitative estimate of drug-likeness (QED) is 0.466. The number of nitrogens with zero attached hydrogens (tertiary/aromatic N) is 4. The Balaban J connectivity index is 1.82. The number of hydrazone groups is 1. The Morgan fingerprint density at radius 3 is 2.19 bits per heavy atom. The van der Waals surface area contributed by atoms with E-state index in [9.17, 15) is 14.0 Å². The molecule has 180 valence electrons. The van der Waals surface area contributed by atoms with Crippen molar-refractivity contribution in [1.29, 1.82) is 0 Å². The highest BCUT2D eigenvalue weighted by Gasteiger charge is 2.46. The number of para-hydroxylation sites is 1. The summed E-state index contributed by atoms with van der Waals surface area (Å²) in [6, 6.07) is 23.6. The number of carbonyl (C=O) groups excluding carboxylic acids is 2. The first-order chi connectivity index (χ1) is 17.5. The van der Waals surface area contributed by atoms with Gasteiger partial charge in [-0.25, -0.2) is 14.2 Å². The predicted molar refractivity (Wildman–Crippen MR) is 135 cm³/mol. The van der Waals surface area contributed by atoms with Crippen LogP contribution in [0.25, 0.3) is 5.70 Å². The monoisotopic (exact) mass is 482 g/mol. The van der Waals surface area contributed by atoms with Crippen LogP contribution in [0.2, 0.25) is 0 Å². The summed E-state index contributed by atoms with van der Waals surface area (Å²) in [5, 5.41) is 6.19. The molecule has 0 saturated carbocycles. The van der Waals surface area contributed by atoms with Gasteiger partial charge in [0.1, 0.15) is 5.82 Å². The Morgan fingerprint density at radius 1 is 0.944 bits per heavy atom. The summed E-state index contributed by atoms with van der Waals surface area (Å²) >= 11 is 0. The average Bonchev–Trinajstić information content (AvgIpc) is 3.29. The van der Waals surface area contributed by atoms with Crippen molar-refractivity contribution in [3.05, 3.63) is 107 Å². The maximum Gasteiger partial charge on any atom is 0.338 e. The topological polar surface area (TPSA) is 74.6 Å². The van der Waals surface area contributed by atoms with Crippen LogP contribution in [0.5, 0.6) is 0 Å². The molecule has 8 heteroatoms. The van der Waals surface area contributed by atoms with E-state index in [1.807, 2.05) is 60.7 Å². The van der Waals surface area contributed by atoms with Crippen LogP contribution in [0.15, 0.2) is 101 Å². The molecule has 3 aromatic carbocycles. The third-order valence-corrected chi connectivity index (χ3v) is 5.87. The number of halogens is 1. The Bertz CT molecular complexity index is 1400. The maximum absolute atomic E-state index is 13.9. The molecule has 1 unspecified atom stereocenters. The van der Waals surface area contributed by atoms with E-state index in [2.05, 4.69) is 5.10 Å². The standard InChI is InChI=1S/C28H23FN4O3/c1-3-36-27(35)23-24(19-10-6-4-7-11-19)30-28-32(25(23)20-14-16-21(29)17-15-20)26(18(2)34)31-33(28)22-12-8-5-9-13-22/h4-17,25H,3H2,1-2H3. The number of amidine groups is 1. The van der Waals surface area contributed by atoms with E-state index in [1.54, 1.807) is 29.0 Å². The zero-order valence-corrected chi connectivity index (χ0v) is 19.8. The number of ether oxygens (including phenoxy) is 1. The van der Waals surface area contributed by atoms with Crippen molar-refractivity contribution < 1.29 is 18.7 Å². The third-order valence-electron chi connectivity index (χ3n) is 5.87. The second-order valence-corrected chi connectivity index (χ2v) is 8.21. The molecular weight excluding hydrogens is 459 g/mol. The summed E-state index contributed by atoms with van der Waals surface area (Å²) in [7, 11) is 0. The fourth-order valence-corrected chi connectivity index (χ4v) is 4.32. The number of benzene rings is 3. The Hall–Kier alpha value is -4.59. The molecule has 0 spiro atoms. The molecule has 0 fully saturated rings. The van der Waals surface area contributed by atoms with Crippen molar-refractivity contribution >= 4 is 34.9 Å². The summed E-state index contributed by atoms with van der Waals surface area (Å²) in [6.07, 6.45) is 0. The van der Waals surface area contributed by atoms with Crippen LogP contribution in [0.1, 0.15) is 31.0 Å². The van der Waals surface area contributed by atoms with Gasteiger partial charge in [-0.15, -0.1) is 5.10 Å². The number of ketones is 1. The lowest BCUT2D eigenvalue weighted by Crippen LogP contribution is -2.46. The molecule has 5 rings (SSSR count). The third kappa shape index (κ3) is 4.07. The first-order valence-corrected chi connectivity index (χ1v) is 11.5. The zero-order valence-electron chi connectivity index (χ0n) is 19.8. The van der Waals surface area contributed by atoms with Gasteiger partial charge in [0.15, 0.2) is 11.6 Å². The summed E-state index contributed by atoms with van der Waals surface area (Å²) in [5.74, 6) is -0.830. The molecule has 0 N–H and O–H groups in total. The summed E-state index contributed by atoms with van der Waals surface area (Å²) in [6.45, 7) is 3.29. The molecule has 3 aromatic rings. The number of anilines is 1. The fourth-order valence-electron chi connectivity index (χ4n) is 4.32. The van der Waals surface area contributed by atoms with Crippen LogP contribution in [-0.4, -0.2) is 35.1 Å². The van der Waals surface area contributed by atoms with Crippen LogP contribution < -0.4 is 5.01 Å². The molecule has 0 aromatic heterocycles. The van der Waals surface area contributed by atoms with Crippen molar-refractivity contribution in [2.24, 2.45) is 10.1 Å². The van der Waals surface area contributed by atoms with Gasteiger partial charge in [0.25, 0.3) is 0 Å². The maximum atomic E-state index is 13.9. The van der Waals surface area contributed by atoms with Gasteiger partial charge in [0.05, 0.1) is 29.6 Å². The number of fused-ring (bicyclic) bond motifs is 1. The largest absolute Gasteiger partial charge is 0.463 e. The number of carbonyl (C=O) groups is 2. The van der Waals surface area contributed by atoms with Crippen LogP contribution >= 0.6 is 0 Å². The number of hydrogen-bond acceptors (Lipinski definition) is 7. The normalized spacial score (nSPS) is 16.9. The molecule has 36 heavy (non-hydrogen) atoms. The van der Waals surface area contributed by atoms with Gasteiger partial charge in [-0.05, 0) is 36.8 Å². The van der Waals surface area contributed by atoms with Crippen molar-refractivity contribution in [3.8, 4) is 0 Å². The number of hydrogen-bond donors (Lipinski definition) is 0. The predicted octanol–water partition coefficient (Wildman–Crippen LogP) is 4.94. The van der Waals surface area contributed by atoms with Gasteiger partial charge in [0.2, 0.25) is 5.96 Å². The van der Waals surface area contributed by atoms with E-state index in [0.29, 0.717) is 28.5 Å². The molecule has 2 heterocycles. The molecular formula is C28H23FN4O3. The number of rotatable bonds is 6. The first-order valence-electron chi connectivity index (χ1n) is 11.5. The highest BCUT2D eigenvalue weighted by Crippen LogP contribution is 2.43. The van der Waals surface area contributed by atoms with Crippen molar-refractivity contribution in [1.82, 2.24) is 4.90 Å². The lowest BCUT2D eigenvalue weighted by Gasteiger charge is -2.36. The second-order valence-electron chi connectivity index (χ2n) is 8.21. The second kappa shape index (κ2) is 9.58. The lowest BCUT2D eigenvalue weighted by molar-refractivity contribution is -0.139. The fraction of sp³-hybridized carbons (Fsp3) is 0.143. The Morgan fingerprint density at radius 2 is 1.58 bits per heavy atom. The van der Waals surface area contributed by atoms with Crippen LogP contribution in [0, 0.1) is 5.82 Å². The number of guanidine groups is 1. The molecule has 0 aliphatic carbocycles. The van der Waals surface area contributed by atoms with Crippen molar-refractivity contribution in [2.45, 2.75) is 19.9 Å². The Labute approximate surface area is 207 Å². The van der Waals surface area contributed by atoms with Gasteiger partial charge >= 0.3 is 5.97 Å². The minimum Gasteiger partial charge on any atom is -0.463 e. The summed E-state index contributed by atoms with van der Waals surface area (Å²) in [4.78, 5) is 32.8. The summed E-state index contributed by atoms with van der Waals surface area (Å²) < 4.78 is 19.4. The first kappa shape index (κ1) is 23.2. The molecule has 0 bridgehead atoms. The molecule has 0 radical (unpaired) electrons. The Kier molecular flexibility index (Phi) is 6.16. The van der Waals surface area contributed by atoms with Gasteiger partial charge in [-0.2, -0.15) is 5.01 Å². The highest BCUT2D eigenvalue weighted by molar-refractivity contribution is 6.44. The number of esters is 1. The van der Waals surface area contributed by atoms with Crippen molar-refractivity contribution in [3.63, 3.8) is 0 Å². The van der Waals surface area contributed by atoms with Gasteiger partial charge in [0, 0.05) is 12.5 Å². The average molecular weight is 483 g/mol. The van der Waals surface area contributed by atoms with E-state index in [4.69, 9.17) is 9.73 Å². The van der Waals surface area contributed by atoms with E-state index in [1.165, 1.54) is 19.1 Å². The summed E-state index contributed by atoms with van der Waals surface area (Å²) in [5.41, 5.74) is 2.62. The minimum absolute atomic E-state index is 0.112. The van der Waals surface area contributed by atoms with Gasteiger partial charge < -0.3 is 4.74 Å². The van der Waals surface area contributed by atoms with Gasteiger partial charge in [-0.1, -0.05) is 60.7 Å². The SMILES string of the molecule is CCOC(=O)C1=C(c2ccccc2)N=C2N(c3ccccc3)N=C(C(C)=O)N2C1c1ccc(F)cc1. The van der Waals surface area contributed by atoms with E-state index in [0.717, 1.165) is 0 Å². The molecule has 2 aliphatic rings. The molecule has 7 nitrogen and oxygen atoms in total. The smallest absolute Gasteiger partial charge is 0.338 e. The van der Waals surface area contributed by atoms with Crippen LogP contribution in [0.3, 0.4) is 0 Å². The van der Waals surface area contributed by atoms with E-state index in [-0.39, 0.29) is 23.8 Å². The minimum atomic E-state index is -0.830. The molecule has 1 atom stereocenters. The highest BCUT2D eigenvalue weighted by atomic mass is 19.1. The number of Topliss-reactive ketones (excluding diaryl/α,β-unsaturated/α-hetero) is 1. The van der Waals surface area contributed by atoms with Crippen LogP contribution in [-0.2, 0) is 14.3 Å². The number of aliphatic imine (C=N–C) groups is 1. The molecule has 0 amide bonds.